The molecule has 2 bridgehead atoms. The van der Waals surface area contributed by atoms with Crippen molar-refractivity contribution in [2.45, 2.75) is 37.7 Å². The third-order valence-electron chi connectivity index (χ3n) is 5.20. The minimum atomic E-state index is -0.384. The van der Waals surface area contributed by atoms with Gasteiger partial charge in [-0.1, -0.05) is 18.6 Å². The molecule has 2 aliphatic rings. The molecule has 3 rings (SSSR count). The maximum atomic E-state index is 13.0. The zero-order chi connectivity index (χ0) is 13.4. The predicted molar refractivity (Wildman–Crippen MR) is 73.1 cm³/mol. The molecule has 5 unspecified atom stereocenters. The highest BCUT2D eigenvalue weighted by molar-refractivity contribution is 5.22. The van der Waals surface area contributed by atoms with Gasteiger partial charge in [-0.05, 0) is 54.7 Å². The lowest BCUT2D eigenvalue weighted by Gasteiger charge is -2.32. The molecule has 1 aromatic carbocycles. The van der Waals surface area contributed by atoms with Crippen LogP contribution in [-0.2, 0) is 0 Å². The molecule has 3 N–H and O–H groups in total. The van der Waals surface area contributed by atoms with Crippen molar-refractivity contribution in [3.8, 4) is 0 Å². The highest BCUT2D eigenvalue weighted by Gasteiger charge is 2.44. The maximum absolute atomic E-state index is 13.0. The van der Waals surface area contributed by atoms with Gasteiger partial charge in [-0.3, -0.25) is 0 Å². The van der Waals surface area contributed by atoms with Crippen LogP contribution in [0.3, 0.4) is 0 Å². The van der Waals surface area contributed by atoms with Gasteiger partial charge in [0.2, 0.25) is 0 Å². The van der Waals surface area contributed by atoms with E-state index in [1.807, 2.05) is 0 Å². The fourth-order valence-electron chi connectivity index (χ4n) is 4.19. The molecule has 0 aliphatic heterocycles. The normalized spacial score (nSPS) is 32.5. The molecule has 3 heteroatoms. The molecule has 0 spiro atoms. The van der Waals surface area contributed by atoms with Gasteiger partial charge in [0.05, 0.1) is 6.10 Å². The first-order valence-electron chi connectivity index (χ1n) is 7.32. The molecule has 2 saturated carbocycles. The van der Waals surface area contributed by atoms with Crippen molar-refractivity contribution in [1.82, 2.24) is 0 Å². The van der Waals surface area contributed by atoms with Crippen LogP contribution < -0.4 is 5.73 Å². The zero-order valence-corrected chi connectivity index (χ0v) is 11.1. The van der Waals surface area contributed by atoms with Crippen LogP contribution in [0.5, 0.6) is 0 Å². The van der Waals surface area contributed by atoms with Crippen molar-refractivity contribution in [3.63, 3.8) is 0 Å². The third kappa shape index (κ3) is 2.41. The van der Waals surface area contributed by atoms with Crippen LogP contribution in [0.2, 0.25) is 0 Å². The Bertz CT molecular complexity index is 433. The van der Waals surface area contributed by atoms with E-state index in [0.29, 0.717) is 18.4 Å². The van der Waals surface area contributed by atoms with Crippen molar-refractivity contribution in [2.24, 2.45) is 23.5 Å². The smallest absolute Gasteiger partial charge is 0.123 e. The molecule has 0 saturated heterocycles. The lowest BCUT2D eigenvalue weighted by molar-refractivity contribution is 0.0532. The summed E-state index contributed by atoms with van der Waals surface area (Å²) in [6, 6.07) is 6.41. The van der Waals surface area contributed by atoms with Crippen molar-refractivity contribution in [2.75, 3.05) is 6.54 Å². The molecule has 0 aromatic heterocycles. The van der Waals surface area contributed by atoms with Gasteiger partial charge in [0.25, 0.3) is 0 Å². The van der Waals surface area contributed by atoms with Gasteiger partial charge >= 0.3 is 0 Å². The van der Waals surface area contributed by atoms with E-state index in [4.69, 9.17) is 5.73 Å². The molecule has 0 amide bonds. The first-order chi connectivity index (χ1) is 9.19. The molecule has 0 heterocycles. The number of nitrogens with two attached hydrogens (primary N) is 1. The molecular formula is C16H22FNO. The molecule has 104 valence electrons. The Hall–Kier alpha value is -0.930. The van der Waals surface area contributed by atoms with E-state index in [1.165, 1.54) is 31.4 Å². The minimum absolute atomic E-state index is 0.0649. The molecule has 5 atom stereocenters. The van der Waals surface area contributed by atoms with Crippen LogP contribution in [0.15, 0.2) is 24.3 Å². The first-order valence-corrected chi connectivity index (χ1v) is 7.32. The quantitative estimate of drug-likeness (QED) is 0.877. The average Bonchev–Trinajstić information content (AvgIpc) is 3.04. The summed E-state index contributed by atoms with van der Waals surface area (Å²) in [5.74, 6) is 1.57. The van der Waals surface area contributed by atoms with E-state index in [2.05, 4.69) is 0 Å². The number of aliphatic hydroxyl groups excluding tert-OH is 1. The molecule has 1 aromatic rings. The number of hydrogen-bond donors (Lipinski definition) is 2. The van der Waals surface area contributed by atoms with Crippen LogP contribution in [0.4, 0.5) is 4.39 Å². The molecular weight excluding hydrogens is 241 g/mol. The first kappa shape index (κ1) is 13.1. The van der Waals surface area contributed by atoms with Gasteiger partial charge in [-0.25, -0.2) is 4.39 Å². The van der Waals surface area contributed by atoms with E-state index in [9.17, 15) is 9.50 Å². The third-order valence-corrected chi connectivity index (χ3v) is 5.20. The number of hydrogen-bond acceptors (Lipinski definition) is 2. The fraction of sp³-hybridized carbons (Fsp3) is 0.625. The Morgan fingerprint density at radius 1 is 1.21 bits per heavy atom. The van der Waals surface area contributed by atoms with E-state index >= 15 is 0 Å². The second kappa shape index (κ2) is 5.22. The largest absolute Gasteiger partial charge is 0.392 e. The molecule has 2 nitrogen and oxygen atoms in total. The highest BCUT2D eigenvalue weighted by atomic mass is 19.1. The number of benzene rings is 1. The predicted octanol–water partition coefficient (Wildman–Crippen LogP) is 2.67. The monoisotopic (exact) mass is 263 g/mol. The molecule has 2 fully saturated rings. The van der Waals surface area contributed by atoms with E-state index in [0.717, 1.165) is 17.9 Å². The second-order valence-corrected chi connectivity index (χ2v) is 6.22. The second-order valence-electron chi connectivity index (χ2n) is 6.22. The summed E-state index contributed by atoms with van der Waals surface area (Å²) < 4.78 is 13.0. The summed E-state index contributed by atoms with van der Waals surface area (Å²) in [4.78, 5) is 0. The lowest BCUT2D eigenvalue weighted by Crippen LogP contribution is -2.35. The number of aliphatic hydroxyl groups is 1. The van der Waals surface area contributed by atoms with Gasteiger partial charge in [0.15, 0.2) is 0 Å². The summed E-state index contributed by atoms with van der Waals surface area (Å²) in [7, 11) is 0. The average molecular weight is 263 g/mol. The van der Waals surface area contributed by atoms with Crippen LogP contribution in [0.25, 0.3) is 0 Å². The number of rotatable bonds is 4. The van der Waals surface area contributed by atoms with E-state index in [-0.39, 0.29) is 17.8 Å². The lowest BCUT2D eigenvalue weighted by atomic mass is 9.77. The zero-order valence-electron chi connectivity index (χ0n) is 11.1. The summed E-state index contributed by atoms with van der Waals surface area (Å²) in [5.41, 5.74) is 6.81. The molecule has 2 aliphatic carbocycles. The Balaban J connectivity index is 1.76. The standard InChI is InChI=1S/C16H22FNO/c17-13-5-3-11(4-6-13)15(9-18)16(19)14-8-10-1-2-12(14)7-10/h3-6,10,12,14-16,19H,1-2,7-9,18H2. The van der Waals surface area contributed by atoms with Crippen molar-refractivity contribution in [1.29, 1.82) is 0 Å². The number of fused-ring (bicyclic) bond motifs is 2. The molecule has 0 radical (unpaired) electrons. The van der Waals surface area contributed by atoms with Crippen LogP contribution in [-0.4, -0.2) is 17.8 Å². The Morgan fingerprint density at radius 2 is 1.95 bits per heavy atom. The van der Waals surface area contributed by atoms with E-state index < -0.39 is 0 Å². The van der Waals surface area contributed by atoms with Gasteiger partial charge in [-0.15, -0.1) is 0 Å². The summed E-state index contributed by atoms with van der Waals surface area (Å²) in [5, 5.41) is 10.7. The van der Waals surface area contributed by atoms with Gasteiger partial charge < -0.3 is 10.8 Å². The molecule has 19 heavy (non-hydrogen) atoms. The van der Waals surface area contributed by atoms with Gasteiger partial charge in [0.1, 0.15) is 5.82 Å². The van der Waals surface area contributed by atoms with Crippen molar-refractivity contribution in [3.05, 3.63) is 35.6 Å². The van der Waals surface area contributed by atoms with Crippen LogP contribution in [0, 0.1) is 23.6 Å². The van der Waals surface area contributed by atoms with Crippen molar-refractivity contribution >= 4 is 0 Å². The van der Waals surface area contributed by atoms with Crippen LogP contribution in [0.1, 0.15) is 37.2 Å². The Kier molecular flexibility index (Phi) is 3.59. The van der Waals surface area contributed by atoms with E-state index in [1.54, 1.807) is 12.1 Å². The Morgan fingerprint density at radius 3 is 2.47 bits per heavy atom. The van der Waals surface area contributed by atoms with Crippen molar-refractivity contribution < 1.29 is 9.50 Å². The number of halogens is 1. The topological polar surface area (TPSA) is 46.2 Å². The maximum Gasteiger partial charge on any atom is 0.123 e. The highest BCUT2D eigenvalue weighted by Crippen LogP contribution is 2.51. The SMILES string of the molecule is NCC(c1ccc(F)cc1)C(O)C1CC2CCC1C2. The summed E-state index contributed by atoms with van der Waals surface area (Å²) >= 11 is 0. The van der Waals surface area contributed by atoms with Crippen LogP contribution >= 0.6 is 0 Å². The van der Waals surface area contributed by atoms with Gasteiger partial charge in [-0.2, -0.15) is 0 Å². The van der Waals surface area contributed by atoms with Gasteiger partial charge in [0, 0.05) is 12.5 Å². The summed E-state index contributed by atoms with van der Waals surface area (Å²) in [6.45, 7) is 0.417. The Labute approximate surface area is 113 Å². The summed E-state index contributed by atoms with van der Waals surface area (Å²) in [6.07, 6.45) is 4.63. The minimum Gasteiger partial charge on any atom is -0.392 e. The fourth-order valence-corrected chi connectivity index (χ4v) is 4.19.